The molecule has 1 aromatic rings. The zero-order valence-electron chi connectivity index (χ0n) is 10.0. The van der Waals surface area contributed by atoms with Crippen LogP contribution in [-0.4, -0.2) is 13.6 Å². The molecule has 2 N–H and O–H groups in total. The zero-order chi connectivity index (χ0) is 12.4. The van der Waals surface area contributed by atoms with Gasteiger partial charge in [-0.25, -0.2) is 4.39 Å². The van der Waals surface area contributed by atoms with Crippen LogP contribution in [0.25, 0.3) is 0 Å². The largest absolute Gasteiger partial charge is 0.397 e. The Morgan fingerprint density at radius 1 is 1.41 bits per heavy atom. The second-order valence-electron chi connectivity index (χ2n) is 4.86. The van der Waals surface area contributed by atoms with Gasteiger partial charge in [0.25, 0.3) is 0 Å². The number of hydrogen-bond donors (Lipinski definition) is 1. The summed E-state index contributed by atoms with van der Waals surface area (Å²) in [6.45, 7) is 0.964. The quantitative estimate of drug-likeness (QED) is 0.836. The maximum atomic E-state index is 13.2. The number of anilines is 2. The van der Waals surface area contributed by atoms with Gasteiger partial charge in [-0.3, -0.25) is 0 Å². The van der Waals surface area contributed by atoms with Gasteiger partial charge in [0.2, 0.25) is 0 Å². The summed E-state index contributed by atoms with van der Waals surface area (Å²) in [4.78, 5) is 2.08. The normalized spacial score (nSPS) is 16.4. The van der Waals surface area contributed by atoms with Gasteiger partial charge >= 0.3 is 0 Å². The Morgan fingerprint density at radius 3 is 2.71 bits per heavy atom. The first-order chi connectivity index (χ1) is 8.08. The fraction of sp³-hybridized carbons (Fsp3) is 0.538. The van der Waals surface area contributed by atoms with Crippen LogP contribution in [0.3, 0.4) is 0 Å². The minimum Gasteiger partial charge on any atom is -0.397 e. The van der Waals surface area contributed by atoms with Gasteiger partial charge in [0.15, 0.2) is 0 Å². The van der Waals surface area contributed by atoms with E-state index >= 15 is 0 Å². The smallest absolute Gasteiger partial charge is 0.143 e. The highest BCUT2D eigenvalue weighted by Crippen LogP contribution is 2.31. The molecule has 1 saturated carbocycles. The number of nitrogens with zero attached hydrogens (tertiary/aromatic N) is 1. The van der Waals surface area contributed by atoms with Crippen molar-refractivity contribution in [3.63, 3.8) is 0 Å². The third kappa shape index (κ3) is 2.83. The number of benzene rings is 1. The van der Waals surface area contributed by atoms with Gasteiger partial charge in [-0.15, -0.1) is 0 Å². The molecule has 0 aliphatic heterocycles. The average Bonchev–Trinajstić information content (AvgIpc) is 2.76. The third-order valence-electron chi connectivity index (χ3n) is 3.49. The lowest BCUT2D eigenvalue weighted by atomic mass is 10.1. The van der Waals surface area contributed by atoms with Crippen LogP contribution in [0.1, 0.15) is 25.7 Å². The van der Waals surface area contributed by atoms with E-state index in [-0.39, 0.29) is 5.02 Å². The Hall–Kier alpha value is -0.960. The van der Waals surface area contributed by atoms with E-state index in [1.165, 1.54) is 31.7 Å². The van der Waals surface area contributed by atoms with Crippen molar-refractivity contribution in [2.45, 2.75) is 25.7 Å². The van der Waals surface area contributed by atoms with Gasteiger partial charge in [-0.05, 0) is 24.8 Å². The van der Waals surface area contributed by atoms with Crippen LogP contribution in [-0.2, 0) is 0 Å². The van der Waals surface area contributed by atoms with E-state index < -0.39 is 5.82 Å². The highest BCUT2D eigenvalue weighted by Gasteiger charge is 2.18. The van der Waals surface area contributed by atoms with E-state index in [4.69, 9.17) is 17.3 Å². The third-order valence-corrected chi connectivity index (χ3v) is 3.78. The molecule has 1 fully saturated rings. The first-order valence-electron chi connectivity index (χ1n) is 6.03. The summed E-state index contributed by atoms with van der Waals surface area (Å²) in [6, 6.07) is 2.91. The highest BCUT2D eigenvalue weighted by molar-refractivity contribution is 6.31. The van der Waals surface area contributed by atoms with Crippen LogP contribution in [0.4, 0.5) is 15.8 Å². The van der Waals surface area contributed by atoms with Crippen LogP contribution < -0.4 is 10.6 Å². The van der Waals surface area contributed by atoms with Gasteiger partial charge in [-0.1, -0.05) is 24.4 Å². The Morgan fingerprint density at radius 2 is 2.06 bits per heavy atom. The first kappa shape index (κ1) is 12.5. The predicted octanol–water partition coefficient (Wildman–Crippen LogP) is 3.69. The fourth-order valence-corrected chi connectivity index (χ4v) is 2.72. The second kappa shape index (κ2) is 5.13. The van der Waals surface area contributed by atoms with E-state index in [1.54, 1.807) is 6.07 Å². The molecule has 1 aliphatic rings. The van der Waals surface area contributed by atoms with Crippen molar-refractivity contribution >= 4 is 23.0 Å². The lowest BCUT2D eigenvalue weighted by molar-refractivity contribution is 0.547. The fourth-order valence-electron chi connectivity index (χ4n) is 2.56. The molecule has 0 radical (unpaired) electrons. The minimum atomic E-state index is -0.456. The monoisotopic (exact) mass is 256 g/mol. The summed E-state index contributed by atoms with van der Waals surface area (Å²) >= 11 is 5.79. The number of halogens is 2. The van der Waals surface area contributed by atoms with Gasteiger partial charge in [0, 0.05) is 19.7 Å². The second-order valence-corrected chi connectivity index (χ2v) is 5.26. The van der Waals surface area contributed by atoms with Crippen LogP contribution in [0, 0.1) is 11.7 Å². The van der Waals surface area contributed by atoms with Crippen molar-refractivity contribution in [2.75, 3.05) is 24.2 Å². The van der Waals surface area contributed by atoms with E-state index in [9.17, 15) is 4.39 Å². The maximum absolute atomic E-state index is 13.2. The summed E-state index contributed by atoms with van der Waals surface area (Å²) in [7, 11) is 1.98. The summed E-state index contributed by atoms with van der Waals surface area (Å²) < 4.78 is 13.2. The number of rotatable bonds is 3. The molecule has 94 valence electrons. The molecular weight excluding hydrogens is 239 g/mol. The van der Waals surface area contributed by atoms with Crippen molar-refractivity contribution in [2.24, 2.45) is 5.92 Å². The molecule has 4 heteroatoms. The Balaban J connectivity index is 2.12. The molecule has 0 bridgehead atoms. The van der Waals surface area contributed by atoms with E-state index in [1.807, 2.05) is 7.05 Å². The molecule has 2 nitrogen and oxygen atoms in total. The molecule has 0 aromatic heterocycles. The van der Waals surface area contributed by atoms with Gasteiger partial charge in [0.05, 0.1) is 16.4 Å². The zero-order valence-corrected chi connectivity index (χ0v) is 10.8. The standard InChI is InChI=1S/C13H18ClFN2/c1-17(8-9-4-2-3-5-9)13-6-10(14)11(15)7-12(13)16/h6-7,9H,2-5,8,16H2,1H3. The van der Waals surface area contributed by atoms with Crippen molar-refractivity contribution in [3.05, 3.63) is 23.0 Å². The maximum Gasteiger partial charge on any atom is 0.143 e. The predicted molar refractivity (Wildman–Crippen MR) is 71.1 cm³/mol. The molecule has 0 atom stereocenters. The topological polar surface area (TPSA) is 29.3 Å². The summed E-state index contributed by atoms with van der Waals surface area (Å²) in [5, 5.41) is 0.132. The van der Waals surface area contributed by atoms with Crippen molar-refractivity contribution in [3.8, 4) is 0 Å². The summed E-state index contributed by atoms with van der Waals surface area (Å²) in [5.41, 5.74) is 7.10. The van der Waals surface area contributed by atoms with Crippen LogP contribution in [0.15, 0.2) is 12.1 Å². The average molecular weight is 257 g/mol. The molecule has 0 heterocycles. The van der Waals surface area contributed by atoms with Gasteiger partial charge in [-0.2, -0.15) is 0 Å². The number of nitrogen functional groups attached to an aromatic ring is 1. The summed E-state index contributed by atoms with van der Waals surface area (Å²) in [5.74, 6) is 0.269. The van der Waals surface area contributed by atoms with Crippen molar-refractivity contribution < 1.29 is 4.39 Å². The molecule has 2 rings (SSSR count). The molecule has 0 amide bonds. The Bertz CT molecular complexity index is 403. The molecule has 1 aliphatic carbocycles. The molecule has 1 aromatic carbocycles. The lowest BCUT2D eigenvalue weighted by Crippen LogP contribution is -2.24. The Labute approximate surface area is 107 Å². The lowest BCUT2D eigenvalue weighted by Gasteiger charge is -2.24. The molecule has 17 heavy (non-hydrogen) atoms. The SMILES string of the molecule is CN(CC1CCCC1)c1cc(Cl)c(F)cc1N. The summed E-state index contributed by atoms with van der Waals surface area (Å²) in [6.07, 6.45) is 5.19. The van der Waals surface area contributed by atoms with E-state index in [0.29, 0.717) is 5.69 Å². The van der Waals surface area contributed by atoms with Crippen molar-refractivity contribution in [1.82, 2.24) is 0 Å². The molecule has 0 spiro atoms. The minimum absolute atomic E-state index is 0.132. The van der Waals surface area contributed by atoms with E-state index in [0.717, 1.165) is 18.2 Å². The van der Waals surface area contributed by atoms with Gasteiger partial charge in [0.1, 0.15) is 5.82 Å². The van der Waals surface area contributed by atoms with Crippen LogP contribution in [0.2, 0.25) is 5.02 Å². The number of hydrogen-bond acceptors (Lipinski definition) is 2. The van der Waals surface area contributed by atoms with Crippen LogP contribution >= 0.6 is 11.6 Å². The van der Waals surface area contributed by atoms with Gasteiger partial charge < -0.3 is 10.6 Å². The van der Waals surface area contributed by atoms with E-state index in [2.05, 4.69) is 4.90 Å². The number of nitrogens with two attached hydrogens (primary N) is 1. The molecular formula is C13H18ClFN2. The van der Waals surface area contributed by atoms with Crippen molar-refractivity contribution in [1.29, 1.82) is 0 Å². The first-order valence-corrected chi connectivity index (χ1v) is 6.41. The molecule has 0 saturated heterocycles. The van der Waals surface area contributed by atoms with Crippen LogP contribution in [0.5, 0.6) is 0 Å². The highest BCUT2D eigenvalue weighted by atomic mass is 35.5. The Kier molecular flexibility index (Phi) is 3.77. The molecule has 0 unspecified atom stereocenters.